The van der Waals surface area contributed by atoms with Gasteiger partial charge in [-0.25, -0.2) is 0 Å². The van der Waals surface area contributed by atoms with Gasteiger partial charge in [0.05, 0.1) is 5.92 Å². The molecule has 0 radical (unpaired) electrons. The lowest BCUT2D eigenvalue weighted by atomic mass is 9.96. The van der Waals surface area contributed by atoms with Crippen LogP contribution < -0.4 is 5.73 Å². The first-order valence-electron chi connectivity index (χ1n) is 6.34. The van der Waals surface area contributed by atoms with Crippen molar-refractivity contribution >= 4 is 18.3 Å². The lowest BCUT2D eigenvalue weighted by Crippen LogP contribution is -2.43. The summed E-state index contributed by atoms with van der Waals surface area (Å²) in [4.78, 5) is 14.0. The zero-order valence-electron chi connectivity index (χ0n) is 11.3. The van der Waals surface area contributed by atoms with E-state index in [1.807, 2.05) is 24.8 Å². The summed E-state index contributed by atoms with van der Waals surface area (Å²) in [5.74, 6) is 0.186. The summed E-state index contributed by atoms with van der Waals surface area (Å²) in [6, 6.07) is 5.23. The number of phenols is 1. The SMILES string of the molecule is CC(N)C(C)C(=O)N1CCc2ccc(O)cc2C1.Cl. The normalized spacial score (nSPS) is 17.1. The Balaban J connectivity index is 0.00000180. The average Bonchev–Trinajstić information content (AvgIpc) is 2.35. The summed E-state index contributed by atoms with van der Waals surface area (Å²) in [5.41, 5.74) is 8.02. The van der Waals surface area contributed by atoms with Crippen LogP contribution in [0.1, 0.15) is 25.0 Å². The number of aromatic hydroxyl groups is 1. The van der Waals surface area contributed by atoms with Gasteiger partial charge in [0.2, 0.25) is 5.91 Å². The number of benzene rings is 1. The number of rotatable bonds is 2. The van der Waals surface area contributed by atoms with Crippen molar-refractivity contribution in [2.24, 2.45) is 11.7 Å². The summed E-state index contributed by atoms with van der Waals surface area (Å²) in [6.45, 7) is 5.02. The molecule has 2 unspecified atom stereocenters. The topological polar surface area (TPSA) is 66.6 Å². The van der Waals surface area contributed by atoms with Crippen molar-refractivity contribution in [3.63, 3.8) is 0 Å². The van der Waals surface area contributed by atoms with E-state index >= 15 is 0 Å². The molecule has 2 rings (SSSR count). The van der Waals surface area contributed by atoms with Crippen LogP contribution in [0.4, 0.5) is 0 Å². The zero-order valence-corrected chi connectivity index (χ0v) is 12.1. The summed E-state index contributed by atoms with van der Waals surface area (Å²) in [7, 11) is 0. The van der Waals surface area contributed by atoms with Crippen LogP contribution in [0, 0.1) is 5.92 Å². The second-order valence-corrected chi connectivity index (χ2v) is 5.11. The van der Waals surface area contributed by atoms with Crippen LogP contribution in [0.25, 0.3) is 0 Å². The predicted molar refractivity (Wildman–Crippen MR) is 77.3 cm³/mol. The van der Waals surface area contributed by atoms with E-state index in [0.717, 1.165) is 18.5 Å². The maximum absolute atomic E-state index is 12.2. The summed E-state index contributed by atoms with van der Waals surface area (Å²) in [6.07, 6.45) is 0.840. The molecule has 1 aliphatic heterocycles. The summed E-state index contributed by atoms with van der Waals surface area (Å²) < 4.78 is 0. The number of hydrogen-bond donors (Lipinski definition) is 2. The molecule has 1 aromatic carbocycles. The van der Waals surface area contributed by atoms with Crippen LogP contribution in [0.2, 0.25) is 0 Å². The number of amides is 1. The van der Waals surface area contributed by atoms with Crippen molar-refractivity contribution < 1.29 is 9.90 Å². The van der Waals surface area contributed by atoms with E-state index in [9.17, 15) is 9.90 Å². The minimum atomic E-state index is -0.163. The molecule has 0 saturated carbocycles. The third-order valence-corrected chi connectivity index (χ3v) is 3.69. The van der Waals surface area contributed by atoms with Crippen molar-refractivity contribution in [1.29, 1.82) is 0 Å². The van der Waals surface area contributed by atoms with Gasteiger partial charge in [0, 0.05) is 19.1 Å². The number of nitrogens with two attached hydrogens (primary N) is 1. The lowest BCUT2D eigenvalue weighted by Gasteiger charge is -2.32. The van der Waals surface area contributed by atoms with Crippen LogP contribution in [0.3, 0.4) is 0 Å². The standard InChI is InChI=1S/C14H20N2O2.ClH/c1-9(10(2)15)14(18)16-6-5-11-3-4-13(17)7-12(11)8-16;/h3-4,7,9-10,17H,5-6,8,15H2,1-2H3;1H. The highest BCUT2D eigenvalue weighted by molar-refractivity contribution is 5.85. The Morgan fingerprint density at radius 1 is 1.37 bits per heavy atom. The quantitative estimate of drug-likeness (QED) is 0.868. The smallest absolute Gasteiger partial charge is 0.227 e. The van der Waals surface area contributed by atoms with Crippen molar-refractivity contribution in [2.75, 3.05) is 6.54 Å². The number of phenolic OH excluding ortho intramolecular Hbond substituents is 1. The van der Waals surface area contributed by atoms with Crippen molar-refractivity contribution in [3.8, 4) is 5.75 Å². The number of hydrogen-bond acceptors (Lipinski definition) is 3. The van der Waals surface area contributed by atoms with Gasteiger partial charge in [-0.1, -0.05) is 13.0 Å². The Labute approximate surface area is 120 Å². The highest BCUT2D eigenvalue weighted by atomic mass is 35.5. The molecule has 4 nitrogen and oxygen atoms in total. The fraction of sp³-hybridized carbons (Fsp3) is 0.500. The molecule has 0 aromatic heterocycles. The second-order valence-electron chi connectivity index (χ2n) is 5.11. The number of carbonyl (C=O) groups excluding carboxylic acids is 1. The molecule has 0 bridgehead atoms. The molecule has 0 saturated heterocycles. The third-order valence-electron chi connectivity index (χ3n) is 3.69. The van der Waals surface area contributed by atoms with E-state index in [0.29, 0.717) is 6.54 Å². The van der Waals surface area contributed by atoms with E-state index in [4.69, 9.17) is 5.73 Å². The van der Waals surface area contributed by atoms with Crippen LogP contribution in [-0.4, -0.2) is 28.5 Å². The molecule has 0 spiro atoms. The first kappa shape index (κ1) is 15.8. The Morgan fingerprint density at radius 3 is 2.68 bits per heavy atom. The molecule has 0 aliphatic carbocycles. The van der Waals surface area contributed by atoms with Crippen LogP contribution in [-0.2, 0) is 17.8 Å². The molecule has 19 heavy (non-hydrogen) atoms. The Morgan fingerprint density at radius 2 is 2.05 bits per heavy atom. The molecule has 1 aromatic rings. The summed E-state index contributed by atoms with van der Waals surface area (Å²) in [5, 5.41) is 9.49. The summed E-state index contributed by atoms with van der Waals surface area (Å²) >= 11 is 0. The highest BCUT2D eigenvalue weighted by Crippen LogP contribution is 2.24. The Kier molecular flexibility index (Phi) is 5.20. The van der Waals surface area contributed by atoms with Crippen LogP contribution in [0.15, 0.2) is 18.2 Å². The number of carbonyl (C=O) groups is 1. The van der Waals surface area contributed by atoms with Crippen LogP contribution >= 0.6 is 12.4 Å². The maximum atomic E-state index is 12.2. The van der Waals surface area contributed by atoms with Gasteiger partial charge in [-0.3, -0.25) is 4.79 Å². The van der Waals surface area contributed by atoms with E-state index in [2.05, 4.69) is 0 Å². The van der Waals surface area contributed by atoms with Gasteiger partial charge in [-0.15, -0.1) is 12.4 Å². The monoisotopic (exact) mass is 284 g/mol. The van der Waals surface area contributed by atoms with E-state index in [1.54, 1.807) is 12.1 Å². The van der Waals surface area contributed by atoms with Gasteiger partial charge in [0.25, 0.3) is 0 Å². The first-order chi connectivity index (χ1) is 8.49. The first-order valence-corrected chi connectivity index (χ1v) is 6.34. The Bertz CT molecular complexity index is 463. The molecular formula is C14H21ClN2O2. The lowest BCUT2D eigenvalue weighted by molar-refractivity contribution is -0.136. The van der Waals surface area contributed by atoms with Crippen molar-refractivity contribution in [1.82, 2.24) is 4.90 Å². The van der Waals surface area contributed by atoms with E-state index in [-0.39, 0.29) is 36.0 Å². The minimum Gasteiger partial charge on any atom is -0.508 e. The molecule has 5 heteroatoms. The predicted octanol–water partition coefficient (Wildman–Crippen LogP) is 1.68. The fourth-order valence-corrected chi connectivity index (χ4v) is 2.24. The third kappa shape index (κ3) is 3.39. The molecule has 1 aliphatic rings. The molecule has 3 N–H and O–H groups in total. The van der Waals surface area contributed by atoms with Gasteiger partial charge in [0.1, 0.15) is 5.75 Å². The minimum absolute atomic E-state index is 0. The molecule has 2 atom stereocenters. The van der Waals surface area contributed by atoms with Gasteiger partial charge < -0.3 is 15.7 Å². The molecular weight excluding hydrogens is 264 g/mol. The van der Waals surface area contributed by atoms with Crippen molar-refractivity contribution in [2.45, 2.75) is 32.9 Å². The molecule has 0 fully saturated rings. The fourth-order valence-electron chi connectivity index (χ4n) is 2.24. The number of halogens is 1. The largest absolute Gasteiger partial charge is 0.508 e. The van der Waals surface area contributed by atoms with Crippen molar-refractivity contribution in [3.05, 3.63) is 29.3 Å². The van der Waals surface area contributed by atoms with Gasteiger partial charge >= 0.3 is 0 Å². The zero-order chi connectivity index (χ0) is 13.3. The van der Waals surface area contributed by atoms with Crippen LogP contribution in [0.5, 0.6) is 5.75 Å². The van der Waals surface area contributed by atoms with Gasteiger partial charge in [0.15, 0.2) is 0 Å². The number of nitrogens with zero attached hydrogens (tertiary/aromatic N) is 1. The molecule has 106 valence electrons. The van der Waals surface area contributed by atoms with Gasteiger partial charge in [-0.2, -0.15) is 0 Å². The number of fused-ring (bicyclic) bond motifs is 1. The second kappa shape index (κ2) is 6.26. The van der Waals surface area contributed by atoms with E-state index < -0.39 is 0 Å². The highest BCUT2D eigenvalue weighted by Gasteiger charge is 2.26. The Hall–Kier alpha value is -1.26. The van der Waals surface area contributed by atoms with Gasteiger partial charge in [-0.05, 0) is 36.6 Å². The maximum Gasteiger partial charge on any atom is 0.227 e. The average molecular weight is 285 g/mol. The van der Waals surface area contributed by atoms with E-state index in [1.165, 1.54) is 5.56 Å². The molecule has 1 heterocycles. The molecule has 1 amide bonds.